The molecule has 0 saturated carbocycles. The van der Waals surface area contributed by atoms with Crippen LogP contribution in [0.1, 0.15) is 19.8 Å². The van der Waals surface area contributed by atoms with Gasteiger partial charge in [-0.2, -0.15) is 0 Å². The van der Waals surface area contributed by atoms with Crippen molar-refractivity contribution in [2.75, 3.05) is 20.3 Å². The van der Waals surface area contributed by atoms with Crippen molar-refractivity contribution in [2.45, 2.75) is 38.0 Å². The minimum atomic E-state index is -0.659. The number of aliphatic hydroxyl groups is 1. The number of ether oxygens (including phenoxy) is 2. The van der Waals surface area contributed by atoms with E-state index in [0.29, 0.717) is 13.0 Å². The maximum absolute atomic E-state index is 12.3. The number of methoxy groups -OCH3 is 1. The van der Waals surface area contributed by atoms with E-state index >= 15 is 0 Å². The highest BCUT2D eigenvalue weighted by Gasteiger charge is 2.43. The molecule has 4 unspecified atom stereocenters. The third-order valence-corrected chi connectivity index (χ3v) is 3.58. The SMILES string of the molecule is COC(=O)C1CC(O)CN1C(=O)C1COC(C)C1. The molecule has 0 aromatic carbocycles. The molecule has 0 aliphatic carbocycles. The average molecular weight is 257 g/mol. The fraction of sp³-hybridized carbons (Fsp3) is 0.833. The van der Waals surface area contributed by atoms with E-state index in [1.165, 1.54) is 12.0 Å². The van der Waals surface area contributed by atoms with Crippen molar-refractivity contribution in [2.24, 2.45) is 5.92 Å². The molecular weight excluding hydrogens is 238 g/mol. The number of hydrogen-bond donors (Lipinski definition) is 1. The summed E-state index contributed by atoms with van der Waals surface area (Å²) < 4.78 is 10.0. The van der Waals surface area contributed by atoms with Gasteiger partial charge in [0.25, 0.3) is 0 Å². The smallest absolute Gasteiger partial charge is 0.328 e. The zero-order chi connectivity index (χ0) is 13.3. The summed E-state index contributed by atoms with van der Waals surface area (Å²) in [5.74, 6) is -0.796. The summed E-state index contributed by atoms with van der Waals surface area (Å²) in [5, 5.41) is 9.63. The Kier molecular flexibility index (Phi) is 3.87. The van der Waals surface area contributed by atoms with E-state index in [-0.39, 0.29) is 30.9 Å². The Morgan fingerprint density at radius 3 is 2.67 bits per heavy atom. The molecule has 2 saturated heterocycles. The van der Waals surface area contributed by atoms with Crippen molar-refractivity contribution in [3.05, 3.63) is 0 Å². The monoisotopic (exact) mass is 257 g/mol. The van der Waals surface area contributed by atoms with Gasteiger partial charge in [-0.15, -0.1) is 0 Å². The van der Waals surface area contributed by atoms with Crippen LogP contribution in [0.2, 0.25) is 0 Å². The summed E-state index contributed by atoms with van der Waals surface area (Å²) in [6.45, 7) is 2.51. The van der Waals surface area contributed by atoms with E-state index < -0.39 is 18.1 Å². The van der Waals surface area contributed by atoms with E-state index in [1.54, 1.807) is 0 Å². The van der Waals surface area contributed by atoms with Crippen LogP contribution in [0.5, 0.6) is 0 Å². The number of esters is 1. The van der Waals surface area contributed by atoms with Gasteiger partial charge < -0.3 is 19.5 Å². The van der Waals surface area contributed by atoms with Crippen LogP contribution in [0.3, 0.4) is 0 Å². The highest BCUT2D eigenvalue weighted by atomic mass is 16.5. The Hall–Kier alpha value is -1.14. The first-order valence-electron chi connectivity index (χ1n) is 6.21. The van der Waals surface area contributed by atoms with Crippen LogP contribution >= 0.6 is 0 Å². The number of β-amino-alcohol motifs (C(OH)–C–C–N with tert-alkyl or cyclic N) is 1. The Labute approximate surface area is 106 Å². The lowest BCUT2D eigenvalue weighted by atomic mass is 10.0. The van der Waals surface area contributed by atoms with Gasteiger partial charge in [0.15, 0.2) is 0 Å². The number of carbonyl (C=O) groups is 2. The predicted molar refractivity (Wildman–Crippen MR) is 61.7 cm³/mol. The van der Waals surface area contributed by atoms with Crippen molar-refractivity contribution in [1.29, 1.82) is 0 Å². The molecule has 2 fully saturated rings. The van der Waals surface area contributed by atoms with E-state index in [9.17, 15) is 14.7 Å². The quantitative estimate of drug-likeness (QED) is 0.678. The molecule has 18 heavy (non-hydrogen) atoms. The van der Waals surface area contributed by atoms with Gasteiger partial charge in [0.2, 0.25) is 5.91 Å². The normalized spacial score (nSPS) is 35.8. The van der Waals surface area contributed by atoms with Gasteiger partial charge in [0.1, 0.15) is 6.04 Å². The average Bonchev–Trinajstić information content (AvgIpc) is 2.93. The molecule has 0 aromatic heterocycles. The van der Waals surface area contributed by atoms with Gasteiger partial charge in [-0.3, -0.25) is 4.79 Å². The molecule has 0 spiro atoms. The van der Waals surface area contributed by atoms with Gasteiger partial charge in [-0.1, -0.05) is 0 Å². The third kappa shape index (κ3) is 2.49. The van der Waals surface area contributed by atoms with Gasteiger partial charge in [0, 0.05) is 13.0 Å². The van der Waals surface area contributed by atoms with Crippen molar-refractivity contribution in [3.63, 3.8) is 0 Å². The molecule has 0 radical (unpaired) electrons. The van der Waals surface area contributed by atoms with Crippen LogP contribution in [0.25, 0.3) is 0 Å². The summed E-state index contributed by atoms with van der Waals surface area (Å²) in [5.41, 5.74) is 0. The molecule has 2 aliphatic heterocycles. The largest absolute Gasteiger partial charge is 0.467 e. The van der Waals surface area contributed by atoms with E-state index in [4.69, 9.17) is 4.74 Å². The van der Waals surface area contributed by atoms with Gasteiger partial charge in [0.05, 0.1) is 31.8 Å². The lowest BCUT2D eigenvalue weighted by Gasteiger charge is -2.24. The number of aliphatic hydroxyl groups excluding tert-OH is 1. The molecule has 0 bridgehead atoms. The number of likely N-dealkylation sites (tertiary alicyclic amines) is 1. The molecule has 1 amide bonds. The molecule has 4 atom stereocenters. The van der Waals surface area contributed by atoms with Crippen LogP contribution in [-0.2, 0) is 19.1 Å². The lowest BCUT2D eigenvalue weighted by Crippen LogP contribution is -2.44. The van der Waals surface area contributed by atoms with Gasteiger partial charge in [-0.05, 0) is 13.3 Å². The summed E-state index contributed by atoms with van der Waals surface area (Å²) in [6, 6.07) is -0.659. The minimum absolute atomic E-state index is 0.0723. The molecular formula is C12H19NO5. The molecule has 6 nitrogen and oxygen atoms in total. The maximum Gasteiger partial charge on any atom is 0.328 e. The topological polar surface area (TPSA) is 76.1 Å². The predicted octanol–water partition coefficient (Wildman–Crippen LogP) is -0.454. The summed E-state index contributed by atoms with van der Waals surface area (Å²) in [6.07, 6.45) is 0.335. The van der Waals surface area contributed by atoms with Crippen LogP contribution in [0, 0.1) is 5.92 Å². The summed E-state index contributed by atoms with van der Waals surface area (Å²) in [4.78, 5) is 25.3. The maximum atomic E-state index is 12.3. The lowest BCUT2D eigenvalue weighted by molar-refractivity contribution is -0.152. The second kappa shape index (κ2) is 5.24. The van der Waals surface area contributed by atoms with E-state index in [0.717, 1.165) is 0 Å². The van der Waals surface area contributed by atoms with Gasteiger partial charge >= 0.3 is 5.97 Å². The number of carbonyl (C=O) groups excluding carboxylic acids is 2. The van der Waals surface area contributed by atoms with Crippen molar-refractivity contribution < 1.29 is 24.2 Å². The van der Waals surface area contributed by atoms with Crippen LogP contribution in [0.15, 0.2) is 0 Å². The number of hydrogen-bond acceptors (Lipinski definition) is 5. The second-order valence-electron chi connectivity index (χ2n) is 5.00. The number of amides is 1. The molecule has 0 aromatic rings. The Morgan fingerprint density at radius 2 is 2.11 bits per heavy atom. The van der Waals surface area contributed by atoms with Crippen LogP contribution in [-0.4, -0.2) is 60.4 Å². The zero-order valence-electron chi connectivity index (χ0n) is 10.7. The number of rotatable bonds is 2. The first kappa shape index (κ1) is 13.3. The molecule has 6 heteroatoms. The zero-order valence-corrected chi connectivity index (χ0v) is 10.7. The van der Waals surface area contributed by atoms with E-state index in [2.05, 4.69) is 4.74 Å². The fourth-order valence-electron chi connectivity index (χ4n) is 2.64. The van der Waals surface area contributed by atoms with E-state index in [1.807, 2.05) is 6.92 Å². The third-order valence-electron chi connectivity index (χ3n) is 3.58. The number of nitrogens with zero attached hydrogens (tertiary/aromatic N) is 1. The first-order valence-corrected chi connectivity index (χ1v) is 6.21. The van der Waals surface area contributed by atoms with Crippen LogP contribution < -0.4 is 0 Å². The van der Waals surface area contributed by atoms with Crippen molar-refractivity contribution in [3.8, 4) is 0 Å². The summed E-state index contributed by atoms with van der Waals surface area (Å²) >= 11 is 0. The Bertz CT molecular complexity index is 345. The Balaban J connectivity index is 2.05. The molecule has 2 rings (SSSR count). The molecule has 2 aliphatic rings. The van der Waals surface area contributed by atoms with Crippen molar-refractivity contribution in [1.82, 2.24) is 4.90 Å². The standard InChI is InChI=1S/C12H19NO5/c1-7-3-8(6-18-7)11(15)13-5-9(14)4-10(13)12(16)17-2/h7-10,14H,3-6H2,1-2H3. The van der Waals surface area contributed by atoms with Crippen molar-refractivity contribution >= 4 is 11.9 Å². The van der Waals surface area contributed by atoms with Crippen LogP contribution in [0.4, 0.5) is 0 Å². The van der Waals surface area contributed by atoms with Gasteiger partial charge in [-0.25, -0.2) is 4.79 Å². The first-order chi connectivity index (χ1) is 8.52. The highest BCUT2D eigenvalue weighted by Crippen LogP contribution is 2.26. The summed E-state index contributed by atoms with van der Waals surface area (Å²) in [7, 11) is 1.29. The molecule has 1 N–H and O–H groups in total. The second-order valence-corrected chi connectivity index (χ2v) is 5.00. The fourth-order valence-corrected chi connectivity index (χ4v) is 2.64. The molecule has 2 heterocycles. The molecule has 102 valence electrons. The minimum Gasteiger partial charge on any atom is -0.467 e. The highest BCUT2D eigenvalue weighted by molar-refractivity contribution is 5.86. The Morgan fingerprint density at radius 1 is 1.39 bits per heavy atom.